The zero-order valence-corrected chi connectivity index (χ0v) is 5.12. The van der Waals surface area contributed by atoms with Crippen molar-refractivity contribution in [1.29, 1.82) is 0 Å². The SMILES string of the molecule is NN=C1CC=CC(O)C1. The van der Waals surface area contributed by atoms with Gasteiger partial charge in [-0.1, -0.05) is 12.2 Å². The molecule has 0 radical (unpaired) electrons. The van der Waals surface area contributed by atoms with Gasteiger partial charge >= 0.3 is 0 Å². The predicted octanol–water partition coefficient (Wildman–Crippen LogP) is 0.0120. The first-order chi connectivity index (χ1) is 4.33. The van der Waals surface area contributed by atoms with Crippen molar-refractivity contribution in [3.8, 4) is 0 Å². The third-order valence-corrected chi connectivity index (χ3v) is 1.34. The van der Waals surface area contributed by atoms with Gasteiger partial charge in [0.15, 0.2) is 0 Å². The first-order valence-corrected chi connectivity index (χ1v) is 2.93. The molecule has 9 heavy (non-hydrogen) atoms. The van der Waals surface area contributed by atoms with Gasteiger partial charge in [-0.2, -0.15) is 5.10 Å². The maximum atomic E-state index is 8.99. The van der Waals surface area contributed by atoms with E-state index in [1.54, 1.807) is 6.08 Å². The summed E-state index contributed by atoms with van der Waals surface area (Å²) in [5, 5.41) is 12.5. The molecule has 0 saturated heterocycles. The van der Waals surface area contributed by atoms with Crippen molar-refractivity contribution in [1.82, 2.24) is 0 Å². The van der Waals surface area contributed by atoms with Gasteiger partial charge in [0.1, 0.15) is 0 Å². The van der Waals surface area contributed by atoms with E-state index < -0.39 is 0 Å². The zero-order chi connectivity index (χ0) is 6.69. The van der Waals surface area contributed by atoms with E-state index in [-0.39, 0.29) is 6.10 Å². The summed E-state index contributed by atoms with van der Waals surface area (Å²) >= 11 is 0. The van der Waals surface area contributed by atoms with Crippen LogP contribution in [0.25, 0.3) is 0 Å². The second-order valence-electron chi connectivity index (χ2n) is 2.10. The summed E-state index contributed by atoms with van der Waals surface area (Å²) in [6.45, 7) is 0. The highest BCUT2D eigenvalue weighted by molar-refractivity contribution is 5.87. The van der Waals surface area contributed by atoms with Crippen molar-refractivity contribution in [3.05, 3.63) is 12.2 Å². The molecule has 1 aliphatic rings. The van der Waals surface area contributed by atoms with E-state index in [4.69, 9.17) is 10.9 Å². The number of nitrogens with two attached hydrogens (primary N) is 1. The van der Waals surface area contributed by atoms with E-state index in [0.717, 1.165) is 12.1 Å². The second-order valence-corrected chi connectivity index (χ2v) is 2.10. The first kappa shape index (κ1) is 6.29. The van der Waals surface area contributed by atoms with Crippen LogP contribution in [-0.4, -0.2) is 16.9 Å². The molecule has 3 nitrogen and oxygen atoms in total. The van der Waals surface area contributed by atoms with Crippen LogP contribution in [0.1, 0.15) is 12.8 Å². The Morgan fingerprint density at radius 2 is 2.56 bits per heavy atom. The number of rotatable bonds is 0. The molecular formula is C6H10N2O. The highest BCUT2D eigenvalue weighted by Crippen LogP contribution is 2.06. The lowest BCUT2D eigenvalue weighted by atomic mass is 10.0. The standard InChI is InChI=1S/C6H10N2O/c7-8-5-2-1-3-6(9)4-5/h1,3,6,9H,2,4,7H2. The van der Waals surface area contributed by atoms with Crippen molar-refractivity contribution in [2.75, 3.05) is 0 Å². The van der Waals surface area contributed by atoms with Gasteiger partial charge in [0.2, 0.25) is 0 Å². The van der Waals surface area contributed by atoms with Crippen molar-refractivity contribution >= 4 is 5.71 Å². The van der Waals surface area contributed by atoms with E-state index in [1.165, 1.54) is 0 Å². The summed E-state index contributed by atoms with van der Waals surface area (Å²) in [4.78, 5) is 0. The van der Waals surface area contributed by atoms with Crippen molar-refractivity contribution in [2.24, 2.45) is 10.9 Å². The van der Waals surface area contributed by atoms with Gasteiger partial charge in [-0.15, -0.1) is 0 Å². The maximum absolute atomic E-state index is 8.99. The lowest BCUT2D eigenvalue weighted by molar-refractivity contribution is 0.229. The average Bonchev–Trinajstić information content (AvgIpc) is 1.88. The third-order valence-electron chi connectivity index (χ3n) is 1.34. The van der Waals surface area contributed by atoms with Crippen LogP contribution in [0, 0.1) is 0 Å². The topological polar surface area (TPSA) is 58.6 Å². The molecule has 50 valence electrons. The van der Waals surface area contributed by atoms with Crippen LogP contribution in [0.4, 0.5) is 0 Å². The van der Waals surface area contributed by atoms with Crippen LogP contribution >= 0.6 is 0 Å². The van der Waals surface area contributed by atoms with E-state index in [1.807, 2.05) is 6.08 Å². The van der Waals surface area contributed by atoms with E-state index in [2.05, 4.69) is 5.10 Å². The minimum absolute atomic E-state index is 0.374. The quantitative estimate of drug-likeness (QED) is 0.273. The molecule has 0 bridgehead atoms. The lowest BCUT2D eigenvalue weighted by Crippen LogP contribution is -2.15. The van der Waals surface area contributed by atoms with Crippen molar-refractivity contribution < 1.29 is 5.11 Å². The fourth-order valence-electron chi connectivity index (χ4n) is 0.859. The molecule has 0 aromatic rings. The molecular weight excluding hydrogens is 116 g/mol. The summed E-state index contributed by atoms with van der Waals surface area (Å²) in [7, 11) is 0. The summed E-state index contributed by atoms with van der Waals surface area (Å²) < 4.78 is 0. The Morgan fingerprint density at radius 1 is 1.78 bits per heavy atom. The second kappa shape index (κ2) is 2.64. The van der Waals surface area contributed by atoms with Crippen LogP contribution in [0.5, 0.6) is 0 Å². The van der Waals surface area contributed by atoms with Gasteiger partial charge in [0, 0.05) is 18.6 Å². The minimum atomic E-state index is -0.374. The van der Waals surface area contributed by atoms with Gasteiger partial charge in [0.25, 0.3) is 0 Å². The van der Waals surface area contributed by atoms with E-state index in [9.17, 15) is 0 Å². The lowest BCUT2D eigenvalue weighted by Gasteiger charge is -2.10. The predicted molar refractivity (Wildman–Crippen MR) is 36.0 cm³/mol. The van der Waals surface area contributed by atoms with Gasteiger partial charge in [-0.05, 0) is 0 Å². The number of hydrazone groups is 1. The summed E-state index contributed by atoms with van der Waals surface area (Å²) in [6, 6.07) is 0. The van der Waals surface area contributed by atoms with Gasteiger partial charge < -0.3 is 10.9 Å². The molecule has 0 fully saturated rings. The Kier molecular flexibility index (Phi) is 1.85. The van der Waals surface area contributed by atoms with Crippen molar-refractivity contribution in [2.45, 2.75) is 18.9 Å². The highest BCUT2D eigenvalue weighted by atomic mass is 16.3. The first-order valence-electron chi connectivity index (χ1n) is 2.93. The molecule has 0 spiro atoms. The molecule has 3 heteroatoms. The average molecular weight is 126 g/mol. The Hall–Kier alpha value is -0.830. The van der Waals surface area contributed by atoms with Crippen LogP contribution < -0.4 is 5.84 Å². The van der Waals surface area contributed by atoms with Crippen LogP contribution in [0.3, 0.4) is 0 Å². The van der Waals surface area contributed by atoms with Gasteiger partial charge in [0.05, 0.1) is 6.10 Å². The highest BCUT2D eigenvalue weighted by Gasteiger charge is 2.08. The fraction of sp³-hybridized carbons (Fsp3) is 0.500. The zero-order valence-electron chi connectivity index (χ0n) is 5.12. The largest absolute Gasteiger partial charge is 0.389 e. The van der Waals surface area contributed by atoms with Crippen LogP contribution in [0.2, 0.25) is 0 Å². The molecule has 1 rings (SSSR count). The molecule has 1 atom stereocenters. The molecule has 1 aliphatic carbocycles. The number of aliphatic hydroxyl groups is 1. The molecule has 1 unspecified atom stereocenters. The molecule has 3 N–H and O–H groups in total. The summed E-state index contributed by atoms with van der Waals surface area (Å²) in [5.41, 5.74) is 0.866. The number of hydrogen-bond donors (Lipinski definition) is 2. The van der Waals surface area contributed by atoms with E-state index >= 15 is 0 Å². The number of aliphatic hydroxyl groups excluding tert-OH is 1. The molecule has 0 aromatic heterocycles. The van der Waals surface area contributed by atoms with Gasteiger partial charge in [-0.25, -0.2) is 0 Å². The normalized spacial score (nSPS) is 31.2. The van der Waals surface area contributed by atoms with Crippen LogP contribution in [-0.2, 0) is 0 Å². The maximum Gasteiger partial charge on any atom is 0.0773 e. The fourth-order valence-corrected chi connectivity index (χ4v) is 0.859. The molecule has 0 aromatic carbocycles. The molecule has 0 aliphatic heterocycles. The number of allylic oxidation sites excluding steroid dienone is 1. The monoisotopic (exact) mass is 126 g/mol. The van der Waals surface area contributed by atoms with Gasteiger partial charge in [-0.3, -0.25) is 0 Å². The number of hydrogen-bond acceptors (Lipinski definition) is 3. The Labute approximate surface area is 53.9 Å². The molecule has 0 heterocycles. The molecule has 0 saturated carbocycles. The Morgan fingerprint density at radius 3 is 3.00 bits per heavy atom. The summed E-state index contributed by atoms with van der Waals surface area (Å²) in [5.74, 6) is 5.01. The number of nitrogens with zero attached hydrogens (tertiary/aromatic N) is 1. The Bertz CT molecular complexity index is 151. The Balaban J connectivity index is 2.58. The minimum Gasteiger partial charge on any atom is -0.389 e. The van der Waals surface area contributed by atoms with Crippen LogP contribution in [0.15, 0.2) is 17.3 Å². The smallest absolute Gasteiger partial charge is 0.0773 e. The van der Waals surface area contributed by atoms with E-state index in [0.29, 0.717) is 6.42 Å². The third kappa shape index (κ3) is 1.54. The van der Waals surface area contributed by atoms with Crippen molar-refractivity contribution in [3.63, 3.8) is 0 Å². The summed E-state index contributed by atoms with van der Waals surface area (Å²) in [6.07, 6.45) is 4.63. The molecule has 0 amide bonds.